The maximum Gasteiger partial charge on any atom is 0.341 e. The highest BCUT2D eigenvalue weighted by Gasteiger charge is 2.22. The smallest absolute Gasteiger partial charge is 0.341 e. The lowest BCUT2D eigenvalue weighted by molar-refractivity contribution is 0.0698. The number of hydrogen-bond acceptors (Lipinski definition) is 3. The molecule has 2 aromatic heterocycles. The molecular formula is C12H13N3O3. The lowest BCUT2D eigenvalue weighted by Gasteiger charge is -2.13. The molecule has 0 fully saturated rings. The van der Waals surface area contributed by atoms with Crippen LogP contribution in [0.5, 0.6) is 0 Å². The maximum absolute atomic E-state index is 12.3. The van der Waals surface area contributed by atoms with Crippen molar-refractivity contribution in [3.63, 3.8) is 0 Å². The Hall–Kier alpha value is -2.11. The van der Waals surface area contributed by atoms with Crippen LogP contribution in [0.15, 0.2) is 4.79 Å². The number of nitrogens with zero attached hydrogens (tertiary/aromatic N) is 2. The summed E-state index contributed by atoms with van der Waals surface area (Å²) in [6.45, 7) is 1.64. The fourth-order valence-electron chi connectivity index (χ4n) is 2.57. The summed E-state index contributed by atoms with van der Waals surface area (Å²) in [5.41, 5.74) is 2.08. The molecule has 3 rings (SSSR count). The number of aromatic amines is 1. The molecule has 2 N–H and O–H groups in total. The average Bonchev–Trinajstić information content (AvgIpc) is 2.66. The second-order valence-corrected chi connectivity index (χ2v) is 4.63. The number of carbonyl (C=O) groups is 1. The Morgan fingerprint density at radius 2 is 2.11 bits per heavy atom. The van der Waals surface area contributed by atoms with Crippen molar-refractivity contribution in [2.24, 2.45) is 0 Å². The van der Waals surface area contributed by atoms with Gasteiger partial charge in [0.1, 0.15) is 5.56 Å². The molecule has 0 spiro atoms. The van der Waals surface area contributed by atoms with E-state index in [1.54, 1.807) is 6.92 Å². The van der Waals surface area contributed by atoms with Gasteiger partial charge in [0.2, 0.25) is 0 Å². The van der Waals surface area contributed by atoms with E-state index in [4.69, 9.17) is 0 Å². The Balaban J connectivity index is 2.42. The van der Waals surface area contributed by atoms with Crippen LogP contribution in [0.1, 0.15) is 40.2 Å². The van der Waals surface area contributed by atoms with Crippen LogP contribution in [-0.2, 0) is 12.8 Å². The molecule has 0 bridgehead atoms. The van der Waals surface area contributed by atoms with E-state index in [2.05, 4.69) is 10.1 Å². The fourth-order valence-corrected chi connectivity index (χ4v) is 2.57. The molecule has 6 heteroatoms. The first-order valence-corrected chi connectivity index (χ1v) is 5.96. The summed E-state index contributed by atoms with van der Waals surface area (Å²) >= 11 is 0. The summed E-state index contributed by atoms with van der Waals surface area (Å²) in [5, 5.41) is 12.0. The number of aryl methyl sites for hydroxylation is 2. The lowest BCUT2D eigenvalue weighted by Crippen LogP contribution is -2.25. The monoisotopic (exact) mass is 247 g/mol. The molecule has 1 aliphatic rings. The van der Waals surface area contributed by atoms with E-state index in [1.165, 1.54) is 4.52 Å². The van der Waals surface area contributed by atoms with Crippen molar-refractivity contribution in [3.05, 3.63) is 32.9 Å². The van der Waals surface area contributed by atoms with Gasteiger partial charge in [0.15, 0.2) is 5.65 Å². The molecule has 2 heterocycles. The zero-order valence-corrected chi connectivity index (χ0v) is 9.99. The quantitative estimate of drug-likeness (QED) is 0.784. The summed E-state index contributed by atoms with van der Waals surface area (Å²) < 4.78 is 1.25. The highest BCUT2D eigenvalue weighted by molar-refractivity contribution is 5.95. The third-order valence-electron chi connectivity index (χ3n) is 3.44. The summed E-state index contributed by atoms with van der Waals surface area (Å²) in [6.07, 6.45) is 3.47. The predicted octanol–water partition coefficient (Wildman–Crippen LogP) is 0.908. The number of carboxylic acids is 1. The largest absolute Gasteiger partial charge is 0.477 e. The molecule has 6 nitrogen and oxygen atoms in total. The molecule has 0 saturated carbocycles. The lowest BCUT2D eigenvalue weighted by atomic mass is 9.97. The number of aromatic carboxylic acids is 1. The Labute approximate surface area is 102 Å². The zero-order valence-electron chi connectivity index (χ0n) is 9.99. The Bertz CT molecular complexity index is 711. The minimum absolute atomic E-state index is 0.0838. The van der Waals surface area contributed by atoms with Crippen molar-refractivity contribution < 1.29 is 9.90 Å². The first kappa shape index (κ1) is 11.0. The number of aromatic nitrogens is 3. The highest BCUT2D eigenvalue weighted by atomic mass is 16.4. The zero-order chi connectivity index (χ0) is 12.9. The third kappa shape index (κ3) is 1.38. The second-order valence-electron chi connectivity index (χ2n) is 4.63. The van der Waals surface area contributed by atoms with Gasteiger partial charge >= 0.3 is 5.97 Å². The van der Waals surface area contributed by atoms with Gasteiger partial charge in [-0.3, -0.25) is 9.89 Å². The number of carboxylic acid groups (broad SMARTS) is 1. The van der Waals surface area contributed by atoms with E-state index in [-0.39, 0.29) is 16.8 Å². The van der Waals surface area contributed by atoms with Gasteiger partial charge in [0.25, 0.3) is 5.56 Å². The minimum atomic E-state index is -1.06. The Morgan fingerprint density at radius 3 is 2.83 bits per heavy atom. The molecule has 2 aromatic rings. The van der Waals surface area contributed by atoms with Crippen LogP contribution in [0.4, 0.5) is 0 Å². The van der Waals surface area contributed by atoms with E-state index in [0.717, 1.165) is 36.9 Å². The fraction of sp³-hybridized carbons (Fsp3) is 0.417. The van der Waals surface area contributed by atoms with Crippen molar-refractivity contribution >= 4 is 11.6 Å². The van der Waals surface area contributed by atoms with Crippen molar-refractivity contribution in [2.75, 3.05) is 0 Å². The van der Waals surface area contributed by atoms with Gasteiger partial charge in [-0.15, -0.1) is 0 Å². The molecule has 1 aliphatic carbocycles. The molecule has 0 radical (unpaired) electrons. The molecule has 94 valence electrons. The van der Waals surface area contributed by atoms with Gasteiger partial charge in [-0.1, -0.05) is 0 Å². The van der Waals surface area contributed by atoms with E-state index >= 15 is 0 Å². The predicted molar refractivity (Wildman–Crippen MR) is 64.2 cm³/mol. The van der Waals surface area contributed by atoms with Gasteiger partial charge in [0, 0.05) is 11.3 Å². The van der Waals surface area contributed by atoms with Crippen molar-refractivity contribution in [1.29, 1.82) is 0 Å². The number of hydrogen-bond donors (Lipinski definition) is 2. The van der Waals surface area contributed by atoms with Gasteiger partial charge < -0.3 is 5.11 Å². The van der Waals surface area contributed by atoms with Gasteiger partial charge in [-0.25, -0.2) is 14.3 Å². The van der Waals surface area contributed by atoms with Crippen molar-refractivity contribution in [3.8, 4) is 0 Å². The molecule has 0 aliphatic heterocycles. The standard InChI is InChI=1S/C12H13N3O3/c1-6-9(12(17)18)10-13-8-5-3-2-4-7(8)11(16)15(10)14-6/h14H,2-5H2,1H3,(H,17,18). The average molecular weight is 247 g/mol. The maximum atomic E-state index is 12.3. The topological polar surface area (TPSA) is 87.5 Å². The molecule has 0 amide bonds. The van der Waals surface area contributed by atoms with E-state index in [1.807, 2.05) is 0 Å². The molecule has 0 aromatic carbocycles. The Kier molecular flexibility index (Phi) is 2.26. The Morgan fingerprint density at radius 1 is 1.39 bits per heavy atom. The second kappa shape index (κ2) is 3.69. The third-order valence-corrected chi connectivity index (χ3v) is 3.44. The van der Waals surface area contributed by atoms with Gasteiger partial charge in [0.05, 0.1) is 5.69 Å². The van der Waals surface area contributed by atoms with Crippen LogP contribution in [-0.4, -0.2) is 25.7 Å². The summed E-state index contributed by atoms with van der Waals surface area (Å²) in [4.78, 5) is 27.8. The summed E-state index contributed by atoms with van der Waals surface area (Å²) in [6, 6.07) is 0. The molecule has 0 saturated heterocycles. The van der Waals surface area contributed by atoms with Crippen molar-refractivity contribution in [2.45, 2.75) is 32.6 Å². The molecule has 0 unspecified atom stereocenters. The van der Waals surface area contributed by atoms with Crippen LogP contribution in [0.3, 0.4) is 0 Å². The molecule has 0 atom stereocenters. The number of fused-ring (bicyclic) bond motifs is 2. The van der Waals surface area contributed by atoms with E-state index in [9.17, 15) is 14.7 Å². The van der Waals surface area contributed by atoms with Crippen LogP contribution >= 0.6 is 0 Å². The van der Waals surface area contributed by atoms with Crippen LogP contribution in [0.25, 0.3) is 5.65 Å². The highest BCUT2D eigenvalue weighted by Crippen LogP contribution is 2.19. The van der Waals surface area contributed by atoms with E-state index < -0.39 is 5.97 Å². The molecule has 18 heavy (non-hydrogen) atoms. The SMILES string of the molecule is Cc1[nH]n2c(=O)c3c(nc2c1C(=O)O)CCCC3. The van der Waals surface area contributed by atoms with Gasteiger partial charge in [-0.05, 0) is 32.6 Å². The van der Waals surface area contributed by atoms with E-state index in [0.29, 0.717) is 5.69 Å². The summed E-state index contributed by atoms with van der Waals surface area (Å²) in [5.74, 6) is -1.06. The normalized spacial score (nSPS) is 14.7. The van der Waals surface area contributed by atoms with Crippen LogP contribution in [0, 0.1) is 6.92 Å². The number of nitrogens with one attached hydrogen (secondary N) is 1. The first-order valence-electron chi connectivity index (χ1n) is 5.96. The number of rotatable bonds is 1. The minimum Gasteiger partial charge on any atom is -0.477 e. The summed E-state index contributed by atoms with van der Waals surface area (Å²) in [7, 11) is 0. The van der Waals surface area contributed by atoms with Gasteiger partial charge in [-0.2, -0.15) is 0 Å². The molecular weight excluding hydrogens is 234 g/mol. The van der Waals surface area contributed by atoms with Crippen LogP contribution < -0.4 is 5.56 Å². The number of H-pyrrole nitrogens is 1. The first-order chi connectivity index (χ1) is 8.59. The van der Waals surface area contributed by atoms with Crippen LogP contribution in [0.2, 0.25) is 0 Å². The van der Waals surface area contributed by atoms with Crippen molar-refractivity contribution in [1.82, 2.24) is 14.6 Å².